The summed E-state index contributed by atoms with van der Waals surface area (Å²) in [6.45, 7) is 9.25. The van der Waals surface area contributed by atoms with E-state index in [9.17, 15) is 0 Å². The normalized spacial score (nSPS) is 11.5. The molecule has 6 heteroatoms. The fraction of sp³-hybridized carbons (Fsp3) is 0.400. The van der Waals surface area contributed by atoms with Crippen molar-refractivity contribution in [1.29, 1.82) is 5.41 Å². The van der Waals surface area contributed by atoms with Crippen molar-refractivity contribution in [2.24, 2.45) is 9.98 Å². The van der Waals surface area contributed by atoms with E-state index in [4.69, 9.17) is 5.41 Å². The maximum Gasteiger partial charge on any atom is 0.0514 e. The van der Waals surface area contributed by atoms with E-state index >= 15 is 0 Å². The summed E-state index contributed by atoms with van der Waals surface area (Å²) >= 11 is 0. The summed E-state index contributed by atoms with van der Waals surface area (Å²) in [6, 6.07) is 16.4. The van der Waals surface area contributed by atoms with Crippen molar-refractivity contribution in [3.63, 3.8) is 0 Å². The van der Waals surface area contributed by atoms with E-state index in [0.29, 0.717) is 0 Å². The first kappa shape index (κ1) is 24.6. The van der Waals surface area contributed by atoms with Gasteiger partial charge in [0.25, 0.3) is 0 Å². The van der Waals surface area contributed by atoms with Gasteiger partial charge < -0.3 is 21.4 Å². The van der Waals surface area contributed by atoms with Crippen LogP contribution in [0.2, 0.25) is 0 Å². The predicted octanol–water partition coefficient (Wildman–Crippen LogP) is 2.90. The highest BCUT2D eigenvalue weighted by Gasteiger charge is 1.94. The van der Waals surface area contributed by atoms with Crippen LogP contribution >= 0.6 is 0 Å². The van der Waals surface area contributed by atoms with Gasteiger partial charge in [0.2, 0.25) is 0 Å². The molecule has 0 spiro atoms. The fourth-order valence-corrected chi connectivity index (χ4v) is 2.86. The molecule has 0 aromatic heterocycles. The standard InChI is InChI=1S/C25H36N6/c1-2-11-27-12-15-29-20-24-7-9-25(10-8-24)21-31-17-14-28-13-16-30-19-23-5-3-22(18-26)4-6-23/h3-10,18,20-21,26-28,30H,2,11-17,19H2,1H3/b26-18?,29-20+,31-21+. The van der Waals surface area contributed by atoms with Crippen LogP contribution in [0.3, 0.4) is 0 Å². The molecule has 0 saturated heterocycles. The zero-order valence-corrected chi connectivity index (χ0v) is 18.6. The molecule has 4 N–H and O–H groups in total. The van der Waals surface area contributed by atoms with E-state index in [0.717, 1.165) is 75.5 Å². The Morgan fingerprint density at radius 3 is 1.74 bits per heavy atom. The highest BCUT2D eigenvalue weighted by Crippen LogP contribution is 2.02. The third-order valence-electron chi connectivity index (χ3n) is 4.63. The SMILES string of the molecule is CCCNCC/N=C/c1ccc(/C=N/CCNCCNCc2ccc(C=N)cc2)cc1. The van der Waals surface area contributed by atoms with Crippen molar-refractivity contribution < 1.29 is 0 Å². The van der Waals surface area contributed by atoms with E-state index in [2.05, 4.69) is 69.3 Å². The van der Waals surface area contributed by atoms with Gasteiger partial charge in [0.05, 0.1) is 13.1 Å². The van der Waals surface area contributed by atoms with Crippen molar-refractivity contribution in [3.05, 3.63) is 70.8 Å². The molecule has 0 atom stereocenters. The lowest BCUT2D eigenvalue weighted by molar-refractivity contribution is 0.615. The summed E-state index contributed by atoms with van der Waals surface area (Å²) < 4.78 is 0. The van der Waals surface area contributed by atoms with Crippen LogP contribution < -0.4 is 16.0 Å². The van der Waals surface area contributed by atoms with E-state index in [1.54, 1.807) is 0 Å². The van der Waals surface area contributed by atoms with Crippen LogP contribution in [0.15, 0.2) is 58.5 Å². The van der Waals surface area contributed by atoms with E-state index in [-0.39, 0.29) is 0 Å². The van der Waals surface area contributed by atoms with Crippen molar-refractivity contribution in [3.8, 4) is 0 Å². The van der Waals surface area contributed by atoms with Gasteiger partial charge in [-0.25, -0.2) is 0 Å². The Kier molecular flexibility index (Phi) is 12.8. The van der Waals surface area contributed by atoms with Crippen LogP contribution in [-0.4, -0.2) is 64.5 Å². The third-order valence-corrected chi connectivity index (χ3v) is 4.63. The molecule has 2 aromatic carbocycles. The lowest BCUT2D eigenvalue weighted by atomic mass is 10.1. The number of rotatable bonds is 16. The molecule has 0 saturated carbocycles. The molecular formula is C25H36N6. The second kappa shape index (κ2) is 16.1. The molecule has 0 aliphatic heterocycles. The lowest BCUT2D eigenvalue weighted by Gasteiger charge is -2.06. The first-order valence-electron chi connectivity index (χ1n) is 11.1. The summed E-state index contributed by atoms with van der Waals surface area (Å²) in [6.07, 6.45) is 6.37. The van der Waals surface area contributed by atoms with E-state index in [1.807, 2.05) is 24.6 Å². The number of nitrogens with zero attached hydrogens (tertiary/aromatic N) is 2. The van der Waals surface area contributed by atoms with Gasteiger partial charge in [0, 0.05) is 51.4 Å². The van der Waals surface area contributed by atoms with Crippen LogP contribution in [0.5, 0.6) is 0 Å². The number of benzene rings is 2. The average molecular weight is 421 g/mol. The fourth-order valence-electron chi connectivity index (χ4n) is 2.86. The Balaban J connectivity index is 1.51. The highest BCUT2D eigenvalue weighted by molar-refractivity contribution is 5.84. The average Bonchev–Trinajstić information content (AvgIpc) is 2.81. The molecule has 0 radical (unpaired) electrons. The zero-order chi connectivity index (χ0) is 22.0. The Bertz CT molecular complexity index is 781. The van der Waals surface area contributed by atoms with Crippen molar-refractivity contribution in [1.82, 2.24) is 16.0 Å². The van der Waals surface area contributed by atoms with Gasteiger partial charge >= 0.3 is 0 Å². The zero-order valence-electron chi connectivity index (χ0n) is 18.6. The van der Waals surface area contributed by atoms with Crippen molar-refractivity contribution in [2.75, 3.05) is 45.8 Å². The van der Waals surface area contributed by atoms with Gasteiger partial charge in [-0.2, -0.15) is 0 Å². The molecule has 2 aromatic rings. The third kappa shape index (κ3) is 11.3. The summed E-state index contributed by atoms with van der Waals surface area (Å²) in [5.74, 6) is 0. The van der Waals surface area contributed by atoms with Crippen molar-refractivity contribution >= 4 is 18.6 Å². The minimum absolute atomic E-state index is 0.763. The number of hydrogen-bond donors (Lipinski definition) is 4. The Morgan fingerprint density at radius 2 is 1.19 bits per heavy atom. The molecule has 0 aliphatic rings. The summed E-state index contributed by atoms with van der Waals surface area (Å²) in [7, 11) is 0. The van der Waals surface area contributed by atoms with Crippen LogP contribution in [-0.2, 0) is 6.54 Å². The minimum atomic E-state index is 0.763. The molecular weight excluding hydrogens is 384 g/mol. The molecule has 0 heterocycles. The van der Waals surface area contributed by atoms with Gasteiger partial charge in [-0.05, 0) is 35.2 Å². The van der Waals surface area contributed by atoms with E-state index in [1.165, 1.54) is 11.8 Å². The van der Waals surface area contributed by atoms with E-state index < -0.39 is 0 Å². The quantitative estimate of drug-likeness (QED) is 0.249. The highest BCUT2D eigenvalue weighted by atomic mass is 14.9. The van der Waals surface area contributed by atoms with Gasteiger partial charge in [0.1, 0.15) is 0 Å². The minimum Gasteiger partial charge on any atom is -0.315 e. The molecule has 6 nitrogen and oxygen atoms in total. The smallest absolute Gasteiger partial charge is 0.0514 e. The second-order valence-electron chi connectivity index (χ2n) is 7.30. The van der Waals surface area contributed by atoms with Crippen LogP contribution in [0.25, 0.3) is 0 Å². The Hall–Kier alpha value is -2.67. The lowest BCUT2D eigenvalue weighted by Crippen LogP contribution is -2.28. The molecule has 166 valence electrons. The largest absolute Gasteiger partial charge is 0.315 e. The van der Waals surface area contributed by atoms with Gasteiger partial charge in [-0.3, -0.25) is 9.98 Å². The number of nitrogens with one attached hydrogen (secondary N) is 4. The molecule has 2 rings (SSSR count). The second-order valence-corrected chi connectivity index (χ2v) is 7.30. The van der Waals surface area contributed by atoms with Crippen molar-refractivity contribution in [2.45, 2.75) is 19.9 Å². The molecule has 0 unspecified atom stereocenters. The Labute approximate surface area is 186 Å². The van der Waals surface area contributed by atoms with Gasteiger partial charge in [-0.15, -0.1) is 0 Å². The Morgan fingerprint density at radius 1 is 0.677 bits per heavy atom. The summed E-state index contributed by atoms with van der Waals surface area (Å²) in [4.78, 5) is 8.93. The maximum absolute atomic E-state index is 7.21. The molecule has 0 amide bonds. The van der Waals surface area contributed by atoms with Gasteiger partial charge in [0.15, 0.2) is 0 Å². The van der Waals surface area contributed by atoms with Crippen LogP contribution in [0.4, 0.5) is 0 Å². The van der Waals surface area contributed by atoms with Gasteiger partial charge in [-0.1, -0.05) is 55.5 Å². The topological polar surface area (TPSA) is 84.7 Å². The molecule has 0 fully saturated rings. The number of aliphatic imine (C=N–C) groups is 2. The molecule has 0 bridgehead atoms. The molecule has 0 aliphatic carbocycles. The summed E-state index contributed by atoms with van der Waals surface area (Å²) in [5, 5.41) is 17.4. The van der Waals surface area contributed by atoms with Crippen LogP contribution in [0, 0.1) is 5.41 Å². The predicted molar refractivity (Wildman–Crippen MR) is 133 cm³/mol. The first-order chi connectivity index (χ1) is 15.3. The first-order valence-corrected chi connectivity index (χ1v) is 11.1. The maximum atomic E-state index is 7.21. The van der Waals surface area contributed by atoms with Crippen LogP contribution in [0.1, 0.15) is 35.6 Å². The monoisotopic (exact) mass is 420 g/mol. The number of hydrogen-bond acceptors (Lipinski definition) is 6. The summed E-state index contributed by atoms with van der Waals surface area (Å²) in [5.41, 5.74) is 4.39. The molecule has 31 heavy (non-hydrogen) atoms.